The SMILES string of the molecule is O=C(O)CCC1CCCN1C(=O)[C@H](CC1CC1)NC(=O)OCC1c2ccccc2-c2ccccc21. The molecule has 2 amide bonds. The minimum Gasteiger partial charge on any atom is -0.481 e. The molecule has 1 saturated heterocycles. The summed E-state index contributed by atoms with van der Waals surface area (Å²) in [4.78, 5) is 39.1. The van der Waals surface area contributed by atoms with Crippen LogP contribution in [-0.4, -0.2) is 53.2 Å². The third-order valence-corrected chi connectivity index (χ3v) is 7.55. The molecular weight excluding hydrogens is 444 g/mol. The van der Waals surface area contributed by atoms with Crippen molar-refractivity contribution in [3.05, 3.63) is 59.7 Å². The fourth-order valence-electron chi connectivity index (χ4n) is 5.61. The van der Waals surface area contributed by atoms with Crippen molar-refractivity contribution in [3.63, 3.8) is 0 Å². The summed E-state index contributed by atoms with van der Waals surface area (Å²) in [5, 5.41) is 11.9. The Hall–Kier alpha value is -3.35. The molecule has 1 saturated carbocycles. The van der Waals surface area contributed by atoms with E-state index in [2.05, 4.69) is 29.6 Å². The molecule has 5 rings (SSSR count). The Morgan fingerprint density at radius 1 is 1.00 bits per heavy atom. The topological polar surface area (TPSA) is 95.9 Å². The Balaban J connectivity index is 1.23. The first-order valence-corrected chi connectivity index (χ1v) is 12.6. The van der Waals surface area contributed by atoms with E-state index >= 15 is 0 Å². The molecule has 7 heteroatoms. The van der Waals surface area contributed by atoms with Crippen molar-refractivity contribution in [1.82, 2.24) is 10.2 Å². The molecule has 1 aliphatic heterocycles. The van der Waals surface area contributed by atoms with Crippen LogP contribution in [0.3, 0.4) is 0 Å². The predicted molar refractivity (Wildman–Crippen MR) is 131 cm³/mol. The first kappa shape index (κ1) is 23.4. The van der Waals surface area contributed by atoms with Gasteiger partial charge in [-0.05, 0) is 53.9 Å². The van der Waals surface area contributed by atoms with Gasteiger partial charge in [0.2, 0.25) is 5.91 Å². The van der Waals surface area contributed by atoms with Crippen molar-refractivity contribution in [2.75, 3.05) is 13.2 Å². The number of nitrogens with zero attached hydrogens (tertiary/aromatic N) is 1. The fraction of sp³-hybridized carbons (Fsp3) is 0.464. The van der Waals surface area contributed by atoms with Crippen LogP contribution in [0.1, 0.15) is 62.0 Å². The van der Waals surface area contributed by atoms with Crippen LogP contribution in [0.5, 0.6) is 0 Å². The molecule has 0 bridgehead atoms. The molecule has 3 aliphatic rings. The van der Waals surface area contributed by atoms with E-state index in [0.717, 1.165) is 36.8 Å². The summed E-state index contributed by atoms with van der Waals surface area (Å²) in [6.07, 6.45) is 4.32. The first-order chi connectivity index (χ1) is 17.0. The lowest BCUT2D eigenvalue weighted by atomic mass is 9.98. The molecule has 1 unspecified atom stereocenters. The summed E-state index contributed by atoms with van der Waals surface area (Å²) in [6.45, 7) is 0.811. The van der Waals surface area contributed by atoms with Gasteiger partial charge in [0.05, 0.1) is 0 Å². The summed E-state index contributed by atoms with van der Waals surface area (Å²) in [5.41, 5.74) is 4.62. The highest BCUT2D eigenvalue weighted by atomic mass is 16.5. The monoisotopic (exact) mass is 476 g/mol. The second kappa shape index (κ2) is 10.1. The van der Waals surface area contributed by atoms with Crippen LogP contribution in [0.4, 0.5) is 4.79 Å². The Labute approximate surface area is 205 Å². The summed E-state index contributed by atoms with van der Waals surface area (Å²) in [5.74, 6) is -0.559. The molecule has 0 aromatic heterocycles. The number of carbonyl (C=O) groups is 3. The zero-order valence-electron chi connectivity index (χ0n) is 19.8. The van der Waals surface area contributed by atoms with Gasteiger partial charge in [-0.25, -0.2) is 4.79 Å². The van der Waals surface area contributed by atoms with Crippen molar-refractivity contribution in [3.8, 4) is 11.1 Å². The number of carbonyl (C=O) groups excluding carboxylic acids is 2. The maximum atomic E-state index is 13.4. The van der Waals surface area contributed by atoms with Gasteiger partial charge in [-0.2, -0.15) is 0 Å². The van der Waals surface area contributed by atoms with E-state index in [9.17, 15) is 14.4 Å². The van der Waals surface area contributed by atoms with Gasteiger partial charge in [-0.15, -0.1) is 0 Å². The van der Waals surface area contributed by atoms with Crippen molar-refractivity contribution < 1.29 is 24.2 Å². The lowest BCUT2D eigenvalue weighted by molar-refractivity contribution is -0.139. The van der Waals surface area contributed by atoms with Gasteiger partial charge in [-0.3, -0.25) is 9.59 Å². The number of hydrogen-bond donors (Lipinski definition) is 2. The normalized spacial score (nSPS) is 19.7. The van der Waals surface area contributed by atoms with E-state index < -0.39 is 18.1 Å². The van der Waals surface area contributed by atoms with Crippen LogP contribution in [0, 0.1) is 5.92 Å². The fourth-order valence-corrected chi connectivity index (χ4v) is 5.61. The number of alkyl carbamates (subject to hydrolysis) is 1. The predicted octanol–water partition coefficient (Wildman–Crippen LogP) is 4.55. The molecular formula is C28H32N2O5. The van der Waals surface area contributed by atoms with Crippen molar-refractivity contribution in [1.29, 1.82) is 0 Å². The molecule has 2 aliphatic carbocycles. The number of benzene rings is 2. The number of ether oxygens (including phenoxy) is 1. The quantitative estimate of drug-likeness (QED) is 0.554. The lowest BCUT2D eigenvalue weighted by Crippen LogP contribution is -2.50. The van der Waals surface area contributed by atoms with E-state index in [-0.39, 0.29) is 30.9 Å². The average molecular weight is 477 g/mol. The Morgan fingerprint density at radius 2 is 1.66 bits per heavy atom. The Morgan fingerprint density at radius 3 is 2.29 bits per heavy atom. The van der Waals surface area contributed by atoms with Gasteiger partial charge < -0.3 is 20.1 Å². The Bertz CT molecular complexity index is 1070. The van der Waals surface area contributed by atoms with Crippen LogP contribution in [0.25, 0.3) is 11.1 Å². The molecule has 7 nitrogen and oxygen atoms in total. The molecule has 0 spiro atoms. The second-order valence-corrected chi connectivity index (χ2v) is 9.96. The highest BCUT2D eigenvalue weighted by Crippen LogP contribution is 2.44. The summed E-state index contributed by atoms with van der Waals surface area (Å²) >= 11 is 0. The highest BCUT2D eigenvalue weighted by Gasteiger charge is 2.37. The zero-order valence-corrected chi connectivity index (χ0v) is 19.8. The standard InChI is InChI=1S/C28H32N2O5/c31-26(32)14-13-19-6-5-15-30(19)27(33)25(16-18-11-12-18)29-28(34)35-17-24-22-9-3-1-7-20(22)21-8-2-4-10-23(21)24/h1-4,7-10,18-19,24-25H,5-6,11-17H2,(H,29,34)(H,31,32)/t19?,25-/m0/s1. The third-order valence-electron chi connectivity index (χ3n) is 7.55. The second-order valence-electron chi connectivity index (χ2n) is 9.96. The number of rotatable bonds is 9. The van der Waals surface area contributed by atoms with Gasteiger partial charge >= 0.3 is 12.1 Å². The summed E-state index contributed by atoms with van der Waals surface area (Å²) in [7, 11) is 0. The number of aliphatic carboxylic acids is 1. The number of likely N-dealkylation sites (tertiary alicyclic amines) is 1. The number of amides is 2. The van der Waals surface area contributed by atoms with Crippen LogP contribution < -0.4 is 5.32 Å². The molecule has 35 heavy (non-hydrogen) atoms. The smallest absolute Gasteiger partial charge is 0.407 e. The minimum absolute atomic E-state index is 0.0373. The van der Waals surface area contributed by atoms with E-state index in [4.69, 9.17) is 9.84 Å². The molecule has 2 atom stereocenters. The van der Waals surface area contributed by atoms with Crippen molar-refractivity contribution in [2.24, 2.45) is 5.92 Å². The van der Waals surface area contributed by atoms with Gasteiger partial charge in [-0.1, -0.05) is 61.4 Å². The van der Waals surface area contributed by atoms with Gasteiger partial charge in [0.1, 0.15) is 12.6 Å². The lowest BCUT2D eigenvalue weighted by Gasteiger charge is -2.29. The van der Waals surface area contributed by atoms with E-state index in [1.54, 1.807) is 4.90 Å². The molecule has 2 N–H and O–H groups in total. The number of nitrogens with one attached hydrogen (secondary N) is 1. The van der Waals surface area contributed by atoms with E-state index in [1.807, 2.05) is 24.3 Å². The van der Waals surface area contributed by atoms with Gasteiger partial charge in [0, 0.05) is 24.9 Å². The average Bonchev–Trinajstić information content (AvgIpc) is 3.45. The molecule has 1 heterocycles. The molecule has 2 aromatic rings. The molecule has 0 radical (unpaired) electrons. The van der Waals surface area contributed by atoms with Gasteiger partial charge in [0.25, 0.3) is 0 Å². The van der Waals surface area contributed by atoms with E-state index in [1.165, 1.54) is 11.1 Å². The molecule has 2 aromatic carbocycles. The van der Waals surface area contributed by atoms with Crippen LogP contribution in [0.15, 0.2) is 48.5 Å². The number of hydrogen-bond acceptors (Lipinski definition) is 4. The highest BCUT2D eigenvalue weighted by molar-refractivity contribution is 5.86. The van der Waals surface area contributed by atoms with Gasteiger partial charge in [0.15, 0.2) is 0 Å². The zero-order chi connectivity index (χ0) is 24.4. The van der Waals surface area contributed by atoms with Crippen LogP contribution in [0.2, 0.25) is 0 Å². The minimum atomic E-state index is -0.851. The number of fused-ring (bicyclic) bond motifs is 3. The van der Waals surface area contributed by atoms with Crippen LogP contribution in [-0.2, 0) is 14.3 Å². The summed E-state index contributed by atoms with van der Waals surface area (Å²) in [6, 6.07) is 15.6. The summed E-state index contributed by atoms with van der Waals surface area (Å²) < 4.78 is 5.69. The molecule has 2 fully saturated rings. The Kier molecular flexibility index (Phi) is 6.75. The number of carboxylic acids is 1. The third kappa shape index (κ3) is 5.19. The van der Waals surface area contributed by atoms with E-state index in [0.29, 0.717) is 25.3 Å². The maximum Gasteiger partial charge on any atom is 0.407 e. The largest absolute Gasteiger partial charge is 0.481 e. The molecule has 184 valence electrons. The van der Waals surface area contributed by atoms with Crippen LogP contribution >= 0.6 is 0 Å². The number of carboxylic acid groups (broad SMARTS) is 1. The maximum absolute atomic E-state index is 13.4. The van der Waals surface area contributed by atoms with Crippen molar-refractivity contribution in [2.45, 2.75) is 62.9 Å². The van der Waals surface area contributed by atoms with Crippen molar-refractivity contribution >= 4 is 18.0 Å². The first-order valence-electron chi connectivity index (χ1n) is 12.6.